The second-order valence-corrected chi connectivity index (χ2v) is 5.88. The number of aromatic amines is 1. The van der Waals surface area contributed by atoms with Gasteiger partial charge in [-0.2, -0.15) is 0 Å². The van der Waals surface area contributed by atoms with Crippen molar-refractivity contribution in [3.05, 3.63) is 20.5 Å². The molecule has 2 rings (SSSR count). The summed E-state index contributed by atoms with van der Waals surface area (Å²) < 4.78 is 2.20. The van der Waals surface area contributed by atoms with Gasteiger partial charge in [0.15, 0.2) is 0 Å². The summed E-state index contributed by atoms with van der Waals surface area (Å²) in [5.41, 5.74) is 0.854. The predicted octanol–water partition coefficient (Wildman–Crippen LogP) is 2.54. The number of aromatic nitrogens is 2. The van der Waals surface area contributed by atoms with Crippen molar-refractivity contribution < 1.29 is 5.11 Å². The zero-order valence-corrected chi connectivity index (χ0v) is 11.8. The van der Waals surface area contributed by atoms with Gasteiger partial charge in [-0.15, -0.1) is 0 Å². The smallest absolute Gasteiger partial charge is 0.281 e. The highest BCUT2D eigenvalue weighted by Crippen LogP contribution is 2.29. The van der Waals surface area contributed by atoms with Crippen molar-refractivity contribution in [1.29, 1.82) is 0 Å². The molecule has 0 radical (unpaired) electrons. The van der Waals surface area contributed by atoms with Crippen LogP contribution < -0.4 is 5.56 Å². The van der Waals surface area contributed by atoms with Gasteiger partial charge in [-0.25, -0.2) is 4.68 Å². The number of hydrogen-bond acceptors (Lipinski definition) is 2. The Hall–Kier alpha value is -0.550. The molecule has 0 bridgehead atoms. The predicted molar refractivity (Wildman–Crippen MR) is 70.4 cm³/mol. The Bertz CT molecular complexity index is 450. The van der Waals surface area contributed by atoms with Gasteiger partial charge in [-0.05, 0) is 34.7 Å². The number of aliphatic hydroxyl groups is 1. The molecular weight excluding hydrogens is 284 g/mol. The normalized spacial score (nSPS) is 25.5. The monoisotopic (exact) mass is 302 g/mol. The molecular formula is C12H19BrN2O2. The fourth-order valence-corrected chi connectivity index (χ4v) is 3.20. The van der Waals surface area contributed by atoms with Gasteiger partial charge in [-0.1, -0.05) is 26.7 Å². The van der Waals surface area contributed by atoms with Crippen LogP contribution in [0, 0.1) is 0 Å². The summed E-state index contributed by atoms with van der Waals surface area (Å²) in [6.45, 7) is 4.08. The molecule has 2 unspecified atom stereocenters. The van der Waals surface area contributed by atoms with E-state index in [1.807, 2.05) is 13.8 Å². The van der Waals surface area contributed by atoms with Crippen molar-refractivity contribution in [2.75, 3.05) is 0 Å². The number of halogens is 1. The molecule has 5 heteroatoms. The van der Waals surface area contributed by atoms with E-state index in [4.69, 9.17) is 0 Å². The van der Waals surface area contributed by atoms with Crippen molar-refractivity contribution in [3.63, 3.8) is 0 Å². The Morgan fingerprint density at radius 3 is 2.59 bits per heavy atom. The lowest BCUT2D eigenvalue weighted by Gasteiger charge is -2.27. The van der Waals surface area contributed by atoms with E-state index in [0.29, 0.717) is 4.47 Å². The number of rotatable bonds is 2. The van der Waals surface area contributed by atoms with Gasteiger partial charge < -0.3 is 5.11 Å². The zero-order valence-electron chi connectivity index (χ0n) is 10.2. The molecule has 2 N–H and O–H groups in total. The number of nitrogens with one attached hydrogen (secondary N) is 1. The Morgan fingerprint density at radius 2 is 2.06 bits per heavy atom. The average molecular weight is 303 g/mol. The van der Waals surface area contributed by atoms with Crippen LogP contribution in [0.25, 0.3) is 0 Å². The lowest BCUT2D eigenvalue weighted by Crippen LogP contribution is -2.33. The van der Waals surface area contributed by atoms with Crippen LogP contribution in [0.15, 0.2) is 9.27 Å². The first kappa shape index (κ1) is 12.9. The molecule has 1 aromatic rings. The lowest BCUT2D eigenvalue weighted by atomic mass is 9.93. The topological polar surface area (TPSA) is 58.0 Å². The molecule has 1 aliphatic rings. The van der Waals surface area contributed by atoms with Crippen LogP contribution in [0.4, 0.5) is 0 Å². The molecule has 2 atom stereocenters. The summed E-state index contributed by atoms with van der Waals surface area (Å²) >= 11 is 3.34. The van der Waals surface area contributed by atoms with Gasteiger partial charge in [0, 0.05) is 0 Å². The first-order valence-electron chi connectivity index (χ1n) is 6.20. The van der Waals surface area contributed by atoms with E-state index in [1.165, 1.54) is 0 Å². The summed E-state index contributed by atoms with van der Waals surface area (Å²) in [7, 11) is 0. The second kappa shape index (κ2) is 4.98. The maximum Gasteiger partial charge on any atom is 0.281 e. The highest BCUT2D eigenvalue weighted by molar-refractivity contribution is 9.10. The highest BCUT2D eigenvalue weighted by Gasteiger charge is 2.28. The first-order valence-corrected chi connectivity index (χ1v) is 6.99. The van der Waals surface area contributed by atoms with E-state index < -0.39 is 6.10 Å². The molecule has 1 heterocycles. The fourth-order valence-electron chi connectivity index (χ4n) is 2.46. The quantitative estimate of drug-likeness (QED) is 0.882. The van der Waals surface area contributed by atoms with Gasteiger partial charge in [0.05, 0.1) is 17.8 Å². The van der Waals surface area contributed by atoms with E-state index in [9.17, 15) is 9.90 Å². The van der Waals surface area contributed by atoms with Crippen LogP contribution in [0.1, 0.15) is 57.2 Å². The van der Waals surface area contributed by atoms with Crippen molar-refractivity contribution in [3.8, 4) is 0 Å². The SMILES string of the molecule is CC(C)c1[nH]n(C2CCCCC2O)c(=O)c1Br. The van der Waals surface area contributed by atoms with Crippen LogP contribution in [0.5, 0.6) is 0 Å². The number of aliphatic hydroxyl groups excluding tert-OH is 1. The van der Waals surface area contributed by atoms with Crippen LogP contribution >= 0.6 is 15.9 Å². The second-order valence-electron chi connectivity index (χ2n) is 5.09. The molecule has 0 spiro atoms. The van der Waals surface area contributed by atoms with E-state index in [0.717, 1.165) is 31.4 Å². The largest absolute Gasteiger partial charge is 0.391 e. The Balaban J connectivity index is 2.38. The van der Waals surface area contributed by atoms with Gasteiger partial charge in [-0.3, -0.25) is 9.89 Å². The van der Waals surface area contributed by atoms with Crippen LogP contribution in [0.3, 0.4) is 0 Å². The third-order valence-electron chi connectivity index (χ3n) is 3.49. The molecule has 17 heavy (non-hydrogen) atoms. The minimum atomic E-state index is -0.410. The first-order chi connectivity index (χ1) is 8.02. The van der Waals surface area contributed by atoms with Crippen molar-refractivity contribution in [1.82, 2.24) is 9.78 Å². The summed E-state index contributed by atoms with van der Waals surface area (Å²) in [6.07, 6.45) is 3.36. The number of H-pyrrole nitrogens is 1. The molecule has 1 fully saturated rings. The van der Waals surface area contributed by atoms with E-state index in [-0.39, 0.29) is 17.5 Å². The molecule has 0 aliphatic heterocycles. The number of nitrogens with zero attached hydrogens (tertiary/aromatic N) is 1. The maximum absolute atomic E-state index is 12.1. The van der Waals surface area contributed by atoms with Gasteiger partial charge >= 0.3 is 0 Å². The third kappa shape index (κ3) is 2.36. The Kier molecular flexibility index (Phi) is 3.78. The highest BCUT2D eigenvalue weighted by atomic mass is 79.9. The minimum Gasteiger partial charge on any atom is -0.391 e. The molecule has 0 amide bonds. The van der Waals surface area contributed by atoms with E-state index >= 15 is 0 Å². The van der Waals surface area contributed by atoms with Crippen molar-refractivity contribution in [2.45, 2.75) is 57.6 Å². The zero-order chi connectivity index (χ0) is 12.6. The molecule has 4 nitrogen and oxygen atoms in total. The van der Waals surface area contributed by atoms with Gasteiger partial charge in [0.2, 0.25) is 0 Å². The molecule has 0 aromatic carbocycles. The Labute approximate surface area is 109 Å². The lowest BCUT2D eigenvalue weighted by molar-refractivity contribution is 0.0676. The molecule has 1 aromatic heterocycles. The van der Waals surface area contributed by atoms with E-state index in [1.54, 1.807) is 4.68 Å². The summed E-state index contributed by atoms with van der Waals surface area (Å²) in [6, 6.07) is -0.0972. The van der Waals surface area contributed by atoms with Gasteiger partial charge in [0.25, 0.3) is 5.56 Å². The van der Waals surface area contributed by atoms with Crippen LogP contribution in [-0.2, 0) is 0 Å². The summed E-state index contributed by atoms with van der Waals surface area (Å²) in [5.74, 6) is 0.263. The minimum absolute atomic E-state index is 0.0559. The summed E-state index contributed by atoms with van der Waals surface area (Å²) in [4.78, 5) is 12.1. The van der Waals surface area contributed by atoms with Crippen LogP contribution in [-0.4, -0.2) is 21.0 Å². The maximum atomic E-state index is 12.1. The third-order valence-corrected chi connectivity index (χ3v) is 4.25. The molecule has 0 saturated heterocycles. The molecule has 1 aliphatic carbocycles. The molecule has 96 valence electrons. The number of hydrogen-bond donors (Lipinski definition) is 2. The fraction of sp³-hybridized carbons (Fsp3) is 0.750. The van der Waals surface area contributed by atoms with Crippen molar-refractivity contribution in [2.24, 2.45) is 0 Å². The van der Waals surface area contributed by atoms with Crippen LogP contribution in [0.2, 0.25) is 0 Å². The van der Waals surface area contributed by atoms with Crippen molar-refractivity contribution >= 4 is 15.9 Å². The van der Waals surface area contributed by atoms with Gasteiger partial charge in [0.1, 0.15) is 4.47 Å². The standard InChI is InChI=1S/C12H19BrN2O2/c1-7(2)11-10(13)12(17)15(14-11)8-5-3-4-6-9(8)16/h7-9,14,16H,3-6H2,1-2H3. The average Bonchev–Trinajstić information content (AvgIpc) is 2.57. The molecule has 1 saturated carbocycles. The Morgan fingerprint density at radius 1 is 1.41 bits per heavy atom. The van der Waals surface area contributed by atoms with E-state index in [2.05, 4.69) is 21.0 Å². The summed E-state index contributed by atoms with van der Waals surface area (Å²) in [5, 5.41) is 13.1.